The number of phenols is 1. The third kappa shape index (κ3) is 5.04. The van der Waals surface area contributed by atoms with Gasteiger partial charge in [-0.3, -0.25) is 10.1 Å². The fourth-order valence-corrected chi connectivity index (χ4v) is 3.85. The quantitative estimate of drug-likeness (QED) is 0.249. The van der Waals surface area contributed by atoms with Gasteiger partial charge in [0.2, 0.25) is 5.89 Å². The Balaban J connectivity index is 1.55. The minimum absolute atomic E-state index is 0.0538. The van der Waals surface area contributed by atoms with Crippen molar-refractivity contribution in [1.82, 2.24) is 10.3 Å². The van der Waals surface area contributed by atoms with Crippen molar-refractivity contribution < 1.29 is 23.8 Å². The van der Waals surface area contributed by atoms with E-state index < -0.39 is 5.91 Å². The van der Waals surface area contributed by atoms with Crippen molar-refractivity contribution in [2.75, 3.05) is 19.5 Å². The van der Waals surface area contributed by atoms with Gasteiger partial charge in [-0.05, 0) is 79.2 Å². The number of aromatic hydroxyl groups is 1. The summed E-state index contributed by atoms with van der Waals surface area (Å²) in [7, 11) is 3.02. The maximum absolute atomic E-state index is 12.7. The Labute approximate surface area is 207 Å². The van der Waals surface area contributed by atoms with Crippen LogP contribution in [0.1, 0.15) is 28.4 Å². The maximum Gasteiger partial charge on any atom is 0.257 e. The van der Waals surface area contributed by atoms with Gasteiger partial charge in [-0.1, -0.05) is 13.0 Å². The molecule has 1 heterocycles. The van der Waals surface area contributed by atoms with E-state index in [0.29, 0.717) is 45.0 Å². The number of phenolic OH excluding ortho intramolecular Hbond substituents is 1. The molecule has 0 fully saturated rings. The number of aryl methyl sites for hydroxylation is 2. The summed E-state index contributed by atoms with van der Waals surface area (Å²) in [5, 5.41) is 16.4. The molecule has 1 amide bonds. The smallest absolute Gasteiger partial charge is 0.257 e. The molecule has 0 unspecified atom stereocenters. The van der Waals surface area contributed by atoms with Gasteiger partial charge in [0.05, 0.1) is 19.8 Å². The van der Waals surface area contributed by atoms with E-state index in [0.717, 1.165) is 12.0 Å². The zero-order valence-electron chi connectivity index (χ0n) is 19.8. The zero-order valence-corrected chi connectivity index (χ0v) is 20.6. The standard InChI is InChI=1S/C26H25N3O5S/c1-5-15-6-8-20-19(11-15)28-25(34-20)18-13-17(10-14(2)23(18)30)27-26(35)29-24(31)16-7-9-21(32-3)22(12-16)33-4/h6-13,30H,5H2,1-4H3,(H2,27,29,31,35). The van der Waals surface area contributed by atoms with Gasteiger partial charge in [0.25, 0.3) is 5.91 Å². The number of methoxy groups -OCH3 is 2. The molecule has 0 atom stereocenters. The van der Waals surface area contributed by atoms with E-state index in [1.165, 1.54) is 14.2 Å². The number of hydrogen-bond donors (Lipinski definition) is 3. The summed E-state index contributed by atoms with van der Waals surface area (Å²) in [6, 6.07) is 14.0. The molecule has 0 spiro atoms. The minimum atomic E-state index is -0.412. The largest absolute Gasteiger partial charge is 0.507 e. The van der Waals surface area contributed by atoms with Crippen LogP contribution in [0.2, 0.25) is 0 Å². The van der Waals surface area contributed by atoms with E-state index >= 15 is 0 Å². The molecule has 1 aromatic heterocycles. The Bertz CT molecular complexity index is 1430. The van der Waals surface area contributed by atoms with Gasteiger partial charge < -0.3 is 24.3 Å². The molecule has 0 bridgehead atoms. The Hall–Kier alpha value is -4.11. The van der Waals surface area contributed by atoms with Gasteiger partial charge in [-0.15, -0.1) is 0 Å². The summed E-state index contributed by atoms with van der Waals surface area (Å²) in [6.45, 7) is 3.83. The lowest BCUT2D eigenvalue weighted by molar-refractivity contribution is 0.0977. The average molecular weight is 492 g/mol. The molecule has 35 heavy (non-hydrogen) atoms. The first-order valence-corrected chi connectivity index (χ1v) is 11.3. The van der Waals surface area contributed by atoms with Crippen LogP contribution in [0.3, 0.4) is 0 Å². The lowest BCUT2D eigenvalue weighted by Gasteiger charge is -2.13. The van der Waals surface area contributed by atoms with Crippen LogP contribution in [-0.4, -0.2) is 35.3 Å². The SMILES string of the molecule is CCc1ccc2oc(-c3cc(NC(=S)NC(=O)c4ccc(OC)c(OC)c4)cc(C)c3O)nc2c1. The van der Waals surface area contributed by atoms with Crippen LogP contribution in [0.4, 0.5) is 5.69 Å². The summed E-state index contributed by atoms with van der Waals surface area (Å²) < 4.78 is 16.3. The number of benzene rings is 3. The molecule has 0 aliphatic rings. The van der Waals surface area contributed by atoms with Crippen LogP contribution in [0, 0.1) is 6.92 Å². The van der Waals surface area contributed by atoms with E-state index in [-0.39, 0.29) is 16.8 Å². The number of aromatic nitrogens is 1. The second kappa shape index (κ2) is 10.0. The normalized spacial score (nSPS) is 10.7. The van der Waals surface area contributed by atoms with E-state index in [2.05, 4.69) is 22.5 Å². The maximum atomic E-state index is 12.7. The van der Waals surface area contributed by atoms with E-state index in [9.17, 15) is 9.90 Å². The van der Waals surface area contributed by atoms with Gasteiger partial charge in [-0.25, -0.2) is 4.98 Å². The summed E-state index contributed by atoms with van der Waals surface area (Å²) in [5.41, 5.74) is 4.41. The van der Waals surface area contributed by atoms with Gasteiger partial charge >= 0.3 is 0 Å². The predicted octanol–water partition coefficient (Wildman–Crippen LogP) is 5.22. The Morgan fingerprint density at radius 1 is 1.09 bits per heavy atom. The number of carbonyl (C=O) groups excluding carboxylic acids is 1. The lowest BCUT2D eigenvalue weighted by Crippen LogP contribution is -2.34. The molecule has 0 saturated carbocycles. The molecule has 0 aliphatic carbocycles. The van der Waals surface area contributed by atoms with Gasteiger partial charge in [0, 0.05) is 11.3 Å². The van der Waals surface area contributed by atoms with Crippen LogP contribution in [-0.2, 0) is 6.42 Å². The predicted molar refractivity (Wildman–Crippen MR) is 138 cm³/mol. The molecule has 180 valence electrons. The highest BCUT2D eigenvalue weighted by Crippen LogP contribution is 2.36. The third-order valence-electron chi connectivity index (χ3n) is 5.52. The summed E-state index contributed by atoms with van der Waals surface area (Å²) in [5.74, 6) is 0.880. The van der Waals surface area contributed by atoms with Crippen LogP contribution in [0.25, 0.3) is 22.6 Å². The monoisotopic (exact) mass is 491 g/mol. The second-order valence-corrected chi connectivity index (χ2v) is 8.25. The fourth-order valence-electron chi connectivity index (χ4n) is 3.64. The first-order valence-electron chi connectivity index (χ1n) is 10.9. The van der Waals surface area contributed by atoms with E-state index in [1.807, 2.05) is 18.2 Å². The van der Waals surface area contributed by atoms with Crippen molar-refractivity contribution in [3.8, 4) is 28.7 Å². The number of hydrogen-bond acceptors (Lipinski definition) is 7. The molecular formula is C26H25N3O5S. The van der Waals surface area contributed by atoms with Crippen molar-refractivity contribution in [1.29, 1.82) is 0 Å². The highest BCUT2D eigenvalue weighted by atomic mass is 32.1. The molecule has 0 radical (unpaired) electrons. The van der Waals surface area contributed by atoms with Crippen molar-refractivity contribution in [3.63, 3.8) is 0 Å². The van der Waals surface area contributed by atoms with Crippen LogP contribution >= 0.6 is 12.2 Å². The third-order valence-corrected chi connectivity index (χ3v) is 5.73. The summed E-state index contributed by atoms with van der Waals surface area (Å²) in [6.07, 6.45) is 0.883. The number of fused-ring (bicyclic) bond motifs is 1. The molecule has 3 aromatic carbocycles. The molecule has 3 N–H and O–H groups in total. The molecule has 4 rings (SSSR count). The molecule has 8 nitrogen and oxygen atoms in total. The fraction of sp³-hybridized carbons (Fsp3) is 0.192. The van der Waals surface area contributed by atoms with Crippen molar-refractivity contribution in [3.05, 3.63) is 65.2 Å². The summed E-state index contributed by atoms with van der Waals surface area (Å²) >= 11 is 5.34. The number of ether oxygens (including phenoxy) is 2. The Kier molecular flexibility index (Phi) is 6.88. The van der Waals surface area contributed by atoms with Gasteiger partial charge in [-0.2, -0.15) is 0 Å². The lowest BCUT2D eigenvalue weighted by atomic mass is 10.1. The van der Waals surface area contributed by atoms with Crippen LogP contribution < -0.4 is 20.1 Å². The Morgan fingerprint density at radius 2 is 1.86 bits per heavy atom. The second-order valence-electron chi connectivity index (χ2n) is 7.84. The first-order chi connectivity index (χ1) is 16.8. The first kappa shape index (κ1) is 24.0. The molecular weight excluding hydrogens is 466 g/mol. The average Bonchev–Trinajstić information content (AvgIpc) is 3.28. The molecule has 0 aliphatic heterocycles. The molecule has 9 heteroatoms. The van der Waals surface area contributed by atoms with Crippen LogP contribution in [0.15, 0.2) is 52.9 Å². The number of nitrogens with zero attached hydrogens (tertiary/aromatic N) is 1. The Morgan fingerprint density at radius 3 is 2.57 bits per heavy atom. The van der Waals surface area contributed by atoms with E-state index in [4.69, 9.17) is 26.1 Å². The number of rotatable bonds is 6. The van der Waals surface area contributed by atoms with Gasteiger partial charge in [0.1, 0.15) is 11.3 Å². The number of carbonyl (C=O) groups is 1. The number of nitrogens with one attached hydrogen (secondary N) is 2. The van der Waals surface area contributed by atoms with Crippen LogP contribution in [0.5, 0.6) is 17.2 Å². The zero-order chi connectivity index (χ0) is 25.1. The molecule has 0 saturated heterocycles. The topological polar surface area (TPSA) is 106 Å². The summed E-state index contributed by atoms with van der Waals surface area (Å²) in [4.78, 5) is 17.2. The number of anilines is 1. The number of oxazole rings is 1. The van der Waals surface area contributed by atoms with Crippen molar-refractivity contribution in [2.24, 2.45) is 0 Å². The molecule has 4 aromatic rings. The highest BCUT2D eigenvalue weighted by Gasteiger charge is 2.17. The number of amides is 1. The minimum Gasteiger partial charge on any atom is -0.507 e. The van der Waals surface area contributed by atoms with Crippen molar-refractivity contribution in [2.45, 2.75) is 20.3 Å². The van der Waals surface area contributed by atoms with E-state index in [1.54, 1.807) is 37.3 Å². The highest BCUT2D eigenvalue weighted by molar-refractivity contribution is 7.80. The number of thiocarbonyl (C=S) groups is 1. The van der Waals surface area contributed by atoms with Gasteiger partial charge in [0.15, 0.2) is 22.2 Å². The van der Waals surface area contributed by atoms with Crippen molar-refractivity contribution >= 4 is 40.0 Å².